The van der Waals surface area contributed by atoms with Crippen molar-refractivity contribution in [3.05, 3.63) is 88.9 Å². The highest BCUT2D eigenvalue weighted by molar-refractivity contribution is 7.99. The van der Waals surface area contributed by atoms with Gasteiger partial charge in [-0.1, -0.05) is 53.7 Å². The lowest BCUT2D eigenvalue weighted by Crippen LogP contribution is -2.07. The molecule has 0 saturated carbocycles. The number of aromatic nitrogens is 3. The Bertz CT molecular complexity index is 1240. The Morgan fingerprint density at radius 1 is 0.939 bits per heavy atom. The normalized spacial score (nSPS) is 10.8. The van der Waals surface area contributed by atoms with Crippen LogP contribution < -0.4 is 9.47 Å². The number of hydrogen-bond acceptors (Lipinski definition) is 6. The first-order valence-corrected chi connectivity index (χ1v) is 11.6. The minimum Gasteiger partial charge on any atom is -0.493 e. The summed E-state index contributed by atoms with van der Waals surface area (Å²) in [6, 6.07) is 22.6. The Morgan fingerprint density at radius 2 is 1.67 bits per heavy atom. The van der Waals surface area contributed by atoms with Crippen molar-refractivity contribution in [2.24, 2.45) is 0 Å². The van der Waals surface area contributed by atoms with E-state index in [1.165, 1.54) is 11.8 Å². The number of rotatable bonds is 9. The number of ether oxygens (including phenoxy) is 2. The van der Waals surface area contributed by atoms with Gasteiger partial charge in [0.15, 0.2) is 28.3 Å². The van der Waals surface area contributed by atoms with E-state index in [1.54, 1.807) is 38.5 Å². The molecule has 1 aromatic heterocycles. The molecule has 0 aliphatic heterocycles. The Balaban J connectivity index is 1.65. The van der Waals surface area contributed by atoms with Gasteiger partial charge >= 0.3 is 0 Å². The van der Waals surface area contributed by atoms with Gasteiger partial charge in [-0.05, 0) is 48.0 Å². The molecule has 8 heteroatoms. The summed E-state index contributed by atoms with van der Waals surface area (Å²) in [7, 11) is 3.20. The number of hydrogen-bond donors (Lipinski definition) is 0. The van der Waals surface area contributed by atoms with E-state index in [1.807, 2.05) is 53.1 Å². The number of ketones is 1. The van der Waals surface area contributed by atoms with Crippen LogP contribution in [0.15, 0.2) is 78.0 Å². The first-order chi connectivity index (χ1) is 16.1. The third kappa shape index (κ3) is 5.38. The fourth-order valence-corrected chi connectivity index (χ4v) is 4.30. The molecule has 1 heterocycles. The van der Waals surface area contributed by atoms with Crippen LogP contribution in [0.1, 0.15) is 15.9 Å². The summed E-state index contributed by atoms with van der Waals surface area (Å²) < 4.78 is 12.8. The smallest absolute Gasteiger partial charge is 0.192 e. The molecule has 3 aromatic carbocycles. The van der Waals surface area contributed by atoms with Crippen molar-refractivity contribution in [1.82, 2.24) is 14.8 Å². The van der Waals surface area contributed by atoms with Crippen molar-refractivity contribution < 1.29 is 14.3 Å². The van der Waals surface area contributed by atoms with E-state index in [2.05, 4.69) is 10.2 Å². The van der Waals surface area contributed by atoms with Crippen LogP contribution in [0.2, 0.25) is 5.02 Å². The molecule has 0 saturated heterocycles. The van der Waals surface area contributed by atoms with Crippen LogP contribution in [-0.4, -0.2) is 40.5 Å². The van der Waals surface area contributed by atoms with Gasteiger partial charge in [0.05, 0.1) is 26.5 Å². The first-order valence-electron chi connectivity index (χ1n) is 10.2. The molecule has 0 spiro atoms. The van der Waals surface area contributed by atoms with Crippen molar-refractivity contribution in [3.63, 3.8) is 0 Å². The summed E-state index contributed by atoms with van der Waals surface area (Å²) in [5.41, 5.74) is 2.55. The molecular formula is C25H22ClN3O3S. The largest absolute Gasteiger partial charge is 0.493 e. The van der Waals surface area contributed by atoms with Gasteiger partial charge in [-0.15, -0.1) is 10.2 Å². The van der Waals surface area contributed by atoms with Gasteiger partial charge in [0.1, 0.15) is 0 Å². The number of methoxy groups -OCH3 is 2. The zero-order valence-corrected chi connectivity index (χ0v) is 19.8. The van der Waals surface area contributed by atoms with Crippen molar-refractivity contribution >= 4 is 29.1 Å². The monoisotopic (exact) mass is 479 g/mol. The highest BCUT2D eigenvalue weighted by Gasteiger charge is 2.18. The maximum atomic E-state index is 12.7. The summed E-state index contributed by atoms with van der Waals surface area (Å²) >= 11 is 7.29. The van der Waals surface area contributed by atoms with Gasteiger partial charge in [0, 0.05) is 16.1 Å². The molecule has 0 bridgehead atoms. The minimum absolute atomic E-state index is 0.00130. The van der Waals surface area contributed by atoms with E-state index in [0.717, 1.165) is 11.1 Å². The molecule has 0 N–H and O–H groups in total. The molecule has 168 valence electrons. The average molecular weight is 480 g/mol. The summed E-state index contributed by atoms with van der Waals surface area (Å²) in [5.74, 6) is 2.16. The molecular weight excluding hydrogens is 458 g/mol. The summed E-state index contributed by atoms with van der Waals surface area (Å²) in [5, 5.41) is 10.1. The van der Waals surface area contributed by atoms with Crippen LogP contribution in [0.4, 0.5) is 0 Å². The van der Waals surface area contributed by atoms with Crippen LogP contribution >= 0.6 is 23.4 Å². The highest BCUT2D eigenvalue weighted by Crippen LogP contribution is 2.33. The lowest BCUT2D eigenvalue weighted by molar-refractivity contribution is 0.102. The van der Waals surface area contributed by atoms with Crippen LogP contribution in [-0.2, 0) is 6.54 Å². The molecule has 0 aliphatic carbocycles. The molecule has 0 unspecified atom stereocenters. The lowest BCUT2D eigenvalue weighted by atomic mass is 10.1. The lowest BCUT2D eigenvalue weighted by Gasteiger charge is -2.12. The van der Waals surface area contributed by atoms with Crippen molar-refractivity contribution in [3.8, 4) is 22.9 Å². The standard InChI is InChI=1S/C25H22ClN3O3S/c1-31-22-13-10-19(14-23(22)32-2)24-27-28-25(29(24)15-17-6-4-3-5-7-17)33-16-21(30)18-8-11-20(26)12-9-18/h3-14H,15-16H2,1-2H3. The third-order valence-electron chi connectivity index (χ3n) is 5.04. The average Bonchev–Trinajstić information content (AvgIpc) is 3.25. The van der Waals surface area contributed by atoms with Gasteiger partial charge in [0.2, 0.25) is 0 Å². The third-order valence-corrected chi connectivity index (χ3v) is 6.26. The van der Waals surface area contributed by atoms with Gasteiger partial charge in [0.25, 0.3) is 0 Å². The van der Waals surface area contributed by atoms with E-state index in [4.69, 9.17) is 21.1 Å². The number of halogens is 1. The van der Waals surface area contributed by atoms with E-state index < -0.39 is 0 Å². The number of thioether (sulfide) groups is 1. The number of carbonyl (C=O) groups is 1. The van der Waals surface area contributed by atoms with Gasteiger partial charge in [-0.25, -0.2) is 0 Å². The first kappa shape index (κ1) is 22.9. The van der Waals surface area contributed by atoms with E-state index in [-0.39, 0.29) is 11.5 Å². The zero-order chi connectivity index (χ0) is 23.2. The molecule has 6 nitrogen and oxygen atoms in total. The van der Waals surface area contributed by atoms with Crippen molar-refractivity contribution in [2.45, 2.75) is 11.7 Å². The van der Waals surface area contributed by atoms with Crippen LogP contribution in [0.25, 0.3) is 11.4 Å². The molecule has 4 rings (SSSR count). The second-order valence-corrected chi connectivity index (χ2v) is 8.55. The van der Waals surface area contributed by atoms with Crippen molar-refractivity contribution in [1.29, 1.82) is 0 Å². The molecule has 0 amide bonds. The summed E-state index contributed by atoms with van der Waals surface area (Å²) in [6.07, 6.45) is 0. The Hall–Kier alpha value is -3.29. The van der Waals surface area contributed by atoms with Crippen LogP contribution in [0.5, 0.6) is 11.5 Å². The van der Waals surface area contributed by atoms with Gasteiger partial charge in [-0.2, -0.15) is 0 Å². The molecule has 0 radical (unpaired) electrons. The SMILES string of the molecule is COc1ccc(-c2nnc(SCC(=O)c3ccc(Cl)cc3)n2Cc2ccccc2)cc1OC. The summed E-state index contributed by atoms with van der Waals surface area (Å²) in [4.78, 5) is 12.7. The zero-order valence-electron chi connectivity index (χ0n) is 18.2. The van der Waals surface area contributed by atoms with Gasteiger partial charge in [-0.3, -0.25) is 9.36 Å². The quantitative estimate of drug-likeness (QED) is 0.228. The predicted octanol–water partition coefficient (Wildman–Crippen LogP) is 5.64. The maximum Gasteiger partial charge on any atom is 0.192 e. The number of benzene rings is 3. The highest BCUT2D eigenvalue weighted by atomic mass is 35.5. The topological polar surface area (TPSA) is 66.2 Å². The van der Waals surface area contributed by atoms with Crippen LogP contribution in [0, 0.1) is 0 Å². The fraction of sp³-hybridized carbons (Fsp3) is 0.160. The Kier molecular flexibility index (Phi) is 7.32. The van der Waals surface area contributed by atoms with E-state index in [9.17, 15) is 4.79 Å². The van der Waals surface area contributed by atoms with Crippen LogP contribution in [0.3, 0.4) is 0 Å². The molecule has 0 aliphatic rings. The fourth-order valence-electron chi connectivity index (χ4n) is 3.34. The second kappa shape index (κ2) is 10.6. The predicted molar refractivity (Wildman–Crippen MR) is 131 cm³/mol. The number of carbonyl (C=O) groups excluding carboxylic acids is 1. The molecule has 0 fully saturated rings. The van der Waals surface area contributed by atoms with Gasteiger partial charge < -0.3 is 9.47 Å². The molecule has 4 aromatic rings. The van der Waals surface area contributed by atoms with Crippen molar-refractivity contribution in [2.75, 3.05) is 20.0 Å². The minimum atomic E-state index is -0.00130. The van der Waals surface area contributed by atoms with E-state index in [0.29, 0.717) is 39.6 Å². The Labute approximate surface area is 201 Å². The Morgan fingerprint density at radius 3 is 2.36 bits per heavy atom. The molecule has 33 heavy (non-hydrogen) atoms. The second-order valence-electron chi connectivity index (χ2n) is 7.17. The number of nitrogens with zero attached hydrogens (tertiary/aromatic N) is 3. The number of Topliss-reactive ketones (excluding diaryl/α,β-unsaturated/α-hetero) is 1. The maximum absolute atomic E-state index is 12.7. The van der Waals surface area contributed by atoms with E-state index >= 15 is 0 Å². The summed E-state index contributed by atoms with van der Waals surface area (Å²) in [6.45, 7) is 0.564. The molecule has 0 atom stereocenters.